The number of aliphatic carboxylic acids is 1. The number of ketones is 1. The summed E-state index contributed by atoms with van der Waals surface area (Å²) in [5.74, 6) is -3.76. The van der Waals surface area contributed by atoms with E-state index in [4.69, 9.17) is 75.8 Å². The molecule has 560 valence electrons. The highest BCUT2D eigenvalue weighted by Crippen LogP contribution is 2.42. The van der Waals surface area contributed by atoms with Gasteiger partial charge >= 0.3 is 5.97 Å². The van der Waals surface area contributed by atoms with Crippen molar-refractivity contribution >= 4 is 58.9 Å². The Kier molecular flexibility index (Phi) is 50.0. The molecule has 0 aromatic heterocycles. The summed E-state index contributed by atoms with van der Waals surface area (Å²) in [5, 5.41) is 20.6. The fraction of sp³-hybridized carbons (Fsp3) is 0.762. The highest BCUT2D eigenvalue weighted by molar-refractivity contribution is 7.89. The molecule has 1 atom stereocenters. The molecule has 0 bridgehead atoms. The van der Waals surface area contributed by atoms with Gasteiger partial charge in [-0.2, -0.15) is 13.1 Å². The summed E-state index contributed by atoms with van der Waals surface area (Å²) in [4.78, 5) is 26.9. The van der Waals surface area contributed by atoms with Gasteiger partial charge in [-0.1, -0.05) is 24.3 Å². The third-order valence-electron chi connectivity index (χ3n) is 14.1. The van der Waals surface area contributed by atoms with Crippen LogP contribution in [0.3, 0.4) is 0 Å². The molecule has 0 aliphatic heterocycles. The van der Waals surface area contributed by atoms with Gasteiger partial charge < -0.3 is 90.9 Å². The first-order valence-electron chi connectivity index (χ1n) is 33.0. The maximum Gasteiger partial charge on any atom is 0.303 e. The first-order chi connectivity index (χ1) is 47.0. The fourth-order valence-corrected chi connectivity index (χ4v) is 11.7. The Hall–Kier alpha value is -4.06. The Labute approximate surface area is 573 Å². The number of methoxy groups -OCH3 is 1. The number of carbonyl (C=O) groups is 2. The molecule has 0 fully saturated rings. The lowest BCUT2D eigenvalue weighted by Gasteiger charge is -2.32. The topological polar surface area (TPSA) is 375 Å². The van der Waals surface area contributed by atoms with E-state index < -0.39 is 53.7 Å². The number of sulfonamides is 2. The van der Waals surface area contributed by atoms with Gasteiger partial charge in [-0.05, 0) is 37.5 Å². The molecule has 0 saturated heterocycles. The predicted molar refractivity (Wildman–Crippen MR) is 359 cm³/mol. The third-order valence-corrected chi connectivity index (χ3v) is 17.7. The number of Topliss-reactive ketones (excluding diaryl/α,β-unsaturated/α-hetero) is 1. The van der Waals surface area contributed by atoms with Crippen molar-refractivity contribution in [1.82, 2.24) is 9.44 Å². The lowest BCUT2D eigenvalue weighted by atomic mass is 9.71. The number of nitrogens with one attached hydrogen (secondary N) is 2. The van der Waals surface area contributed by atoms with Crippen molar-refractivity contribution < 1.29 is 130 Å². The summed E-state index contributed by atoms with van der Waals surface area (Å²) in [6.45, 7) is 15.1. The van der Waals surface area contributed by atoms with E-state index in [1.54, 1.807) is 60.6 Å². The maximum atomic E-state index is 13.7. The number of hydrogen-bond acceptors (Lipinski definition) is 26. The molecule has 34 heteroatoms. The summed E-state index contributed by atoms with van der Waals surface area (Å²) in [7, 11) is -10.1. The SMILES string of the molecule is CCOCCOCCOCCOCCOCCOCCOCCOCNS(=O)(=O)CCC[N+](CCCC(=O)O)=C1C=CC(C2C(=O)C(c3ccc(N(CCCS(=O)(=O)O)CCCS(=O)(=O)NCCOCCOCCOCCOCCOCCOCCOCCOC)cc3)=C2O)C=C1. The highest BCUT2D eigenvalue weighted by Gasteiger charge is 2.44. The minimum Gasteiger partial charge on any atom is -0.511 e. The normalized spacial score (nSPS) is 15.1. The van der Waals surface area contributed by atoms with Crippen LogP contribution in [0.2, 0.25) is 0 Å². The van der Waals surface area contributed by atoms with Gasteiger partial charge in [0.25, 0.3) is 10.1 Å². The van der Waals surface area contributed by atoms with Crippen molar-refractivity contribution in [2.75, 3.05) is 267 Å². The van der Waals surface area contributed by atoms with Crippen LogP contribution < -0.4 is 14.3 Å². The van der Waals surface area contributed by atoms with Gasteiger partial charge in [0, 0.05) is 69.9 Å². The Morgan fingerprint density at radius 2 is 0.887 bits per heavy atom. The van der Waals surface area contributed by atoms with E-state index >= 15 is 0 Å². The van der Waals surface area contributed by atoms with Crippen molar-refractivity contribution in [3.8, 4) is 0 Å². The molecule has 0 heterocycles. The van der Waals surface area contributed by atoms with Crippen LogP contribution in [0.5, 0.6) is 0 Å². The molecule has 2 aliphatic carbocycles. The molecule has 97 heavy (non-hydrogen) atoms. The number of aliphatic hydroxyl groups excluding tert-OH is 1. The van der Waals surface area contributed by atoms with Crippen LogP contribution >= 0.6 is 0 Å². The van der Waals surface area contributed by atoms with E-state index in [2.05, 4.69) is 9.44 Å². The zero-order valence-electron chi connectivity index (χ0n) is 56.6. The first-order valence-corrected chi connectivity index (χ1v) is 38.0. The number of carbonyl (C=O) groups excluding carboxylic acids is 1. The number of anilines is 1. The zero-order valence-corrected chi connectivity index (χ0v) is 59.1. The lowest BCUT2D eigenvalue weighted by Crippen LogP contribution is -2.36. The van der Waals surface area contributed by atoms with Crippen LogP contribution in [-0.4, -0.2) is 324 Å². The monoisotopic (exact) mass is 1450 g/mol. The van der Waals surface area contributed by atoms with Crippen LogP contribution in [-0.2, 0) is 116 Å². The van der Waals surface area contributed by atoms with E-state index in [1.165, 1.54) is 0 Å². The number of rotatable bonds is 69. The van der Waals surface area contributed by atoms with Crippen LogP contribution in [0.25, 0.3) is 5.57 Å². The van der Waals surface area contributed by atoms with E-state index in [-0.39, 0.29) is 120 Å². The summed E-state index contributed by atoms with van der Waals surface area (Å²) in [6, 6.07) is 6.64. The number of ether oxygens (including phenoxy) is 16. The second-order valence-corrected chi connectivity index (χ2v) is 27.0. The largest absolute Gasteiger partial charge is 0.511 e. The number of carboxylic acids is 1. The van der Waals surface area contributed by atoms with Gasteiger partial charge in [0.1, 0.15) is 25.6 Å². The summed E-state index contributed by atoms with van der Waals surface area (Å²) in [6.07, 6.45) is 7.65. The minimum atomic E-state index is -4.27. The van der Waals surface area contributed by atoms with Crippen molar-refractivity contribution in [2.45, 2.75) is 39.0 Å². The van der Waals surface area contributed by atoms with Gasteiger partial charge in [-0.25, -0.2) is 26.1 Å². The summed E-state index contributed by atoms with van der Waals surface area (Å²) in [5.41, 5.74) is 1.83. The van der Waals surface area contributed by atoms with Gasteiger partial charge in [-0.15, -0.1) is 0 Å². The molecule has 1 aromatic carbocycles. The van der Waals surface area contributed by atoms with Crippen LogP contribution in [0.1, 0.15) is 44.6 Å². The Morgan fingerprint density at radius 1 is 0.505 bits per heavy atom. The van der Waals surface area contributed by atoms with E-state index in [1.807, 2.05) is 11.5 Å². The molecular formula is C63H109N4O27S3+. The summed E-state index contributed by atoms with van der Waals surface area (Å²) >= 11 is 0. The quantitative estimate of drug-likeness (QED) is 0.0269. The number of carboxylic acid groups (broad SMARTS) is 1. The number of nitrogens with zero attached hydrogens (tertiary/aromatic N) is 2. The van der Waals surface area contributed by atoms with E-state index in [0.29, 0.717) is 195 Å². The molecule has 31 nitrogen and oxygen atoms in total. The van der Waals surface area contributed by atoms with E-state index in [9.17, 15) is 49.6 Å². The van der Waals surface area contributed by atoms with Crippen LogP contribution in [0.4, 0.5) is 5.69 Å². The maximum absolute atomic E-state index is 13.7. The van der Waals surface area contributed by atoms with Crippen molar-refractivity contribution in [3.63, 3.8) is 0 Å². The molecule has 2 aliphatic rings. The smallest absolute Gasteiger partial charge is 0.303 e. The molecular weight excluding hydrogens is 1340 g/mol. The molecule has 3 rings (SSSR count). The third kappa shape index (κ3) is 44.7. The predicted octanol–water partition coefficient (Wildman–Crippen LogP) is 1.79. The lowest BCUT2D eigenvalue weighted by molar-refractivity contribution is -0.526. The van der Waals surface area contributed by atoms with Crippen molar-refractivity contribution in [1.29, 1.82) is 0 Å². The number of hydrogen-bond donors (Lipinski definition) is 5. The van der Waals surface area contributed by atoms with Gasteiger partial charge in [0.15, 0.2) is 11.5 Å². The summed E-state index contributed by atoms with van der Waals surface area (Å²) < 4.78 is 177. The van der Waals surface area contributed by atoms with Crippen molar-refractivity contribution in [2.24, 2.45) is 11.8 Å². The van der Waals surface area contributed by atoms with Crippen LogP contribution in [0, 0.1) is 11.8 Å². The van der Waals surface area contributed by atoms with Gasteiger partial charge in [0.05, 0.1) is 227 Å². The fourth-order valence-electron chi connectivity index (χ4n) is 9.19. The Balaban J connectivity index is 1.33. The minimum absolute atomic E-state index is 0.0349. The number of aliphatic hydroxyl groups is 1. The Morgan fingerprint density at radius 3 is 1.30 bits per heavy atom. The standard InChI is InChI=1S/C63H108N4O27S3/c1-3-80-25-26-83-31-32-86-37-38-89-43-44-91-45-46-92-47-48-93-49-50-94-54-65-96(74,75)52-6-19-66(18-4-8-59(68)69)57-13-9-55(10-14-57)60-62(70)61(63(60)71)56-11-15-58(16-12-56)67(21-7-53-97(76,77)78)20-5-51-95(72,73)64-17-22-81-27-28-84-33-34-87-39-40-90-42-41-88-36-35-85-30-29-82-24-23-79-2/h9-16,55,60,64-65H,3-8,17-54H2,1-2H3,(H2-,68,69,70,71,76,77,78)/p+1. The Bertz CT molecular complexity index is 2690. The number of benzene rings is 1. The second-order valence-electron chi connectivity index (χ2n) is 21.6. The molecule has 1 aromatic rings. The van der Waals surface area contributed by atoms with Gasteiger partial charge in [0.2, 0.25) is 20.0 Å². The molecule has 5 N–H and O–H groups in total. The molecule has 0 spiro atoms. The highest BCUT2D eigenvalue weighted by atomic mass is 32.2. The second kappa shape index (κ2) is 55.6. The first kappa shape index (κ1) is 87.2. The average molecular weight is 1450 g/mol. The van der Waals surface area contributed by atoms with Crippen molar-refractivity contribution in [3.05, 3.63) is 59.9 Å². The molecule has 0 saturated carbocycles. The molecule has 0 radical (unpaired) electrons. The zero-order chi connectivity index (χ0) is 70.3. The number of allylic oxidation sites excluding steroid dienone is 6. The van der Waals surface area contributed by atoms with Gasteiger partial charge in [-0.3, -0.25) is 14.1 Å². The molecule has 0 amide bonds. The molecule has 1 unspecified atom stereocenters. The van der Waals surface area contributed by atoms with E-state index in [0.717, 1.165) is 0 Å². The van der Waals surface area contributed by atoms with Crippen LogP contribution in [0.15, 0.2) is 54.3 Å². The average Bonchev–Trinajstić information content (AvgIpc) is 0.750.